The molecule has 2 unspecified atom stereocenters. The molecule has 5 rings (SSSR count). The maximum Gasteiger partial charge on any atom is 0.304 e. The van der Waals surface area contributed by atoms with Gasteiger partial charge in [0.15, 0.2) is 0 Å². The molecule has 1 aliphatic heterocycles. The van der Waals surface area contributed by atoms with Crippen LogP contribution in [0.3, 0.4) is 0 Å². The van der Waals surface area contributed by atoms with Crippen molar-refractivity contribution in [2.45, 2.75) is 12.5 Å². The number of rotatable bonds is 4. The predicted molar refractivity (Wildman–Crippen MR) is 110 cm³/mol. The van der Waals surface area contributed by atoms with E-state index in [1.54, 1.807) is 24.5 Å². The number of carboxylic acids is 1. The summed E-state index contributed by atoms with van der Waals surface area (Å²) in [5.74, 6) is -3.46. The number of carbonyl (C=O) groups is 3. The first-order valence-electron chi connectivity index (χ1n) is 9.52. The number of nitrogens with one attached hydrogen (secondary N) is 1. The van der Waals surface area contributed by atoms with Crippen LogP contribution in [-0.2, 0) is 21.4 Å². The normalized spacial score (nSPS) is 19.3. The number of ketones is 1. The van der Waals surface area contributed by atoms with Crippen LogP contribution in [-0.4, -0.2) is 37.3 Å². The average Bonchev–Trinajstić information content (AvgIpc) is 3.39. The Kier molecular flexibility index (Phi) is 3.95. The molecular weight excluding hydrogens is 384 g/mol. The van der Waals surface area contributed by atoms with Gasteiger partial charge in [0.2, 0.25) is 5.78 Å². The van der Waals surface area contributed by atoms with Crippen molar-refractivity contribution in [2.24, 2.45) is 13.0 Å². The van der Waals surface area contributed by atoms with Gasteiger partial charge in [-0.3, -0.25) is 19.3 Å². The van der Waals surface area contributed by atoms with E-state index in [0.717, 1.165) is 27.5 Å². The van der Waals surface area contributed by atoms with Crippen molar-refractivity contribution < 1.29 is 19.5 Å². The molecular formula is C22H18N4O4. The molecule has 4 aromatic rings. The van der Waals surface area contributed by atoms with Crippen molar-refractivity contribution in [3.05, 3.63) is 60.6 Å². The van der Waals surface area contributed by atoms with E-state index >= 15 is 0 Å². The Hall–Kier alpha value is -3.94. The number of hydrogen-bond acceptors (Lipinski definition) is 4. The molecule has 2 atom stereocenters. The van der Waals surface area contributed by atoms with Crippen molar-refractivity contribution in [2.75, 3.05) is 4.90 Å². The zero-order valence-corrected chi connectivity index (χ0v) is 16.1. The van der Waals surface area contributed by atoms with Crippen molar-refractivity contribution in [3.8, 4) is 0 Å². The molecule has 2 N–H and O–H groups in total. The van der Waals surface area contributed by atoms with Crippen molar-refractivity contribution in [1.29, 1.82) is 0 Å². The van der Waals surface area contributed by atoms with Gasteiger partial charge >= 0.3 is 5.97 Å². The Balaban J connectivity index is 1.73. The van der Waals surface area contributed by atoms with Gasteiger partial charge in [0.05, 0.1) is 35.7 Å². The molecule has 0 radical (unpaired) electrons. The van der Waals surface area contributed by atoms with Crippen LogP contribution in [0.4, 0.5) is 5.69 Å². The van der Waals surface area contributed by atoms with Crippen molar-refractivity contribution >= 4 is 45.3 Å². The summed E-state index contributed by atoms with van der Waals surface area (Å²) in [6.45, 7) is 0. The maximum absolute atomic E-state index is 13.0. The summed E-state index contributed by atoms with van der Waals surface area (Å²) < 4.78 is 1.92. The molecule has 8 heteroatoms. The molecule has 150 valence electrons. The highest BCUT2D eigenvalue weighted by molar-refractivity contribution is 6.45. The number of hydrogen-bond donors (Lipinski definition) is 2. The van der Waals surface area contributed by atoms with E-state index < -0.39 is 36.0 Å². The molecule has 3 heterocycles. The number of imidazole rings is 1. The van der Waals surface area contributed by atoms with Crippen LogP contribution in [0, 0.1) is 5.92 Å². The van der Waals surface area contributed by atoms with Gasteiger partial charge in [0.25, 0.3) is 5.91 Å². The Bertz CT molecular complexity index is 1340. The molecule has 1 saturated heterocycles. The largest absolute Gasteiger partial charge is 0.481 e. The average molecular weight is 402 g/mol. The number of carbonyl (C=O) groups excluding carboxylic acids is 2. The molecule has 0 saturated carbocycles. The number of aryl methyl sites for hydroxylation is 1. The number of nitrogens with zero attached hydrogens (tertiary/aromatic N) is 3. The Labute approximate surface area is 170 Å². The Morgan fingerprint density at radius 3 is 2.80 bits per heavy atom. The highest BCUT2D eigenvalue weighted by atomic mass is 16.4. The summed E-state index contributed by atoms with van der Waals surface area (Å²) in [6.07, 6.45) is 3.01. The van der Waals surface area contributed by atoms with E-state index in [4.69, 9.17) is 0 Å². The second-order valence-corrected chi connectivity index (χ2v) is 7.51. The molecule has 2 aromatic carbocycles. The van der Waals surface area contributed by atoms with Crippen LogP contribution in [0.15, 0.2) is 55.0 Å². The number of fused-ring (bicyclic) bond motifs is 2. The fourth-order valence-corrected chi connectivity index (χ4v) is 4.44. The summed E-state index contributed by atoms with van der Waals surface area (Å²) in [7, 11) is 1.89. The first kappa shape index (κ1) is 18.1. The van der Waals surface area contributed by atoms with Crippen LogP contribution >= 0.6 is 0 Å². The third kappa shape index (κ3) is 2.61. The van der Waals surface area contributed by atoms with E-state index in [0.29, 0.717) is 5.69 Å². The summed E-state index contributed by atoms with van der Waals surface area (Å²) >= 11 is 0. The molecule has 1 aliphatic rings. The van der Waals surface area contributed by atoms with Gasteiger partial charge in [-0.25, -0.2) is 4.98 Å². The van der Waals surface area contributed by atoms with E-state index in [1.807, 2.05) is 42.1 Å². The zero-order chi connectivity index (χ0) is 21.0. The fraction of sp³-hybridized carbons (Fsp3) is 0.182. The lowest BCUT2D eigenvalue weighted by Gasteiger charge is -2.27. The number of amides is 1. The second kappa shape index (κ2) is 6.55. The first-order valence-corrected chi connectivity index (χ1v) is 9.52. The van der Waals surface area contributed by atoms with Crippen LogP contribution in [0.5, 0.6) is 0 Å². The summed E-state index contributed by atoms with van der Waals surface area (Å²) in [4.78, 5) is 46.1. The van der Waals surface area contributed by atoms with E-state index in [2.05, 4.69) is 9.97 Å². The van der Waals surface area contributed by atoms with E-state index in [9.17, 15) is 19.5 Å². The topological polar surface area (TPSA) is 108 Å². The van der Waals surface area contributed by atoms with Gasteiger partial charge in [-0.2, -0.15) is 0 Å². The van der Waals surface area contributed by atoms with Gasteiger partial charge in [-0.15, -0.1) is 0 Å². The van der Waals surface area contributed by atoms with Gasteiger partial charge < -0.3 is 14.7 Å². The number of Topliss-reactive ketones (excluding diaryl/α,β-unsaturated/α-hetero) is 1. The number of aliphatic carboxylic acids is 1. The lowest BCUT2D eigenvalue weighted by atomic mass is 9.90. The summed E-state index contributed by atoms with van der Waals surface area (Å²) in [6, 6.07) is 12.2. The Morgan fingerprint density at radius 2 is 2.00 bits per heavy atom. The first-order chi connectivity index (χ1) is 14.5. The standard InChI is InChI=1S/C22H18N4O4/c1-25-10-15(13-4-2-3-5-18(13)25)20-14(9-19(27)28)21(29)22(30)26(20)12-6-7-16-17(8-12)24-11-23-16/h2-8,10-11,14,20H,9H2,1H3,(H,23,24)(H,27,28). The molecule has 8 nitrogen and oxygen atoms in total. The number of anilines is 1. The fourth-order valence-electron chi connectivity index (χ4n) is 4.44. The number of aromatic amines is 1. The predicted octanol–water partition coefficient (Wildman–Crippen LogP) is 2.80. The third-order valence-corrected chi connectivity index (χ3v) is 5.75. The van der Waals surface area contributed by atoms with Gasteiger partial charge in [-0.1, -0.05) is 18.2 Å². The highest BCUT2D eigenvalue weighted by Gasteiger charge is 2.50. The third-order valence-electron chi connectivity index (χ3n) is 5.75. The number of benzene rings is 2. The van der Waals surface area contributed by atoms with Gasteiger partial charge in [0.1, 0.15) is 0 Å². The minimum absolute atomic E-state index is 0.415. The van der Waals surface area contributed by atoms with Gasteiger partial charge in [-0.05, 0) is 24.3 Å². The molecule has 1 amide bonds. The quantitative estimate of drug-likeness (QED) is 0.510. The van der Waals surface area contributed by atoms with Crippen LogP contribution in [0.1, 0.15) is 18.0 Å². The second-order valence-electron chi connectivity index (χ2n) is 7.51. The molecule has 0 spiro atoms. The van der Waals surface area contributed by atoms with Crippen molar-refractivity contribution in [3.63, 3.8) is 0 Å². The SMILES string of the molecule is Cn1cc(C2C(CC(=O)O)C(=O)C(=O)N2c2ccc3nc[nH]c3c2)c2ccccc21. The van der Waals surface area contributed by atoms with Gasteiger partial charge in [0, 0.05) is 35.4 Å². The summed E-state index contributed by atoms with van der Waals surface area (Å²) in [5, 5.41) is 10.3. The van der Waals surface area contributed by atoms with E-state index in [1.165, 1.54) is 4.90 Å². The number of aromatic nitrogens is 3. The minimum atomic E-state index is -1.11. The molecule has 30 heavy (non-hydrogen) atoms. The zero-order valence-electron chi connectivity index (χ0n) is 16.1. The van der Waals surface area contributed by atoms with Crippen LogP contribution in [0.2, 0.25) is 0 Å². The molecule has 0 aliphatic carbocycles. The van der Waals surface area contributed by atoms with Crippen LogP contribution in [0.25, 0.3) is 21.9 Å². The molecule has 0 bridgehead atoms. The number of H-pyrrole nitrogens is 1. The number of carboxylic acid groups (broad SMARTS) is 1. The Morgan fingerprint density at radius 1 is 1.20 bits per heavy atom. The lowest BCUT2D eigenvalue weighted by Crippen LogP contribution is -2.29. The molecule has 1 fully saturated rings. The summed E-state index contributed by atoms with van der Waals surface area (Å²) in [5.41, 5.74) is 3.68. The van der Waals surface area contributed by atoms with Crippen molar-refractivity contribution in [1.82, 2.24) is 14.5 Å². The molecule has 2 aromatic heterocycles. The van der Waals surface area contributed by atoms with E-state index in [-0.39, 0.29) is 0 Å². The maximum atomic E-state index is 13.0. The monoisotopic (exact) mass is 402 g/mol. The lowest BCUT2D eigenvalue weighted by molar-refractivity contribution is -0.141. The highest BCUT2D eigenvalue weighted by Crippen LogP contribution is 2.44. The van der Waals surface area contributed by atoms with Crippen LogP contribution < -0.4 is 4.90 Å². The smallest absolute Gasteiger partial charge is 0.304 e. The minimum Gasteiger partial charge on any atom is -0.481 e. The number of para-hydroxylation sites is 1.